The van der Waals surface area contributed by atoms with Crippen LogP contribution in [0.25, 0.3) is 0 Å². The maximum Gasteiger partial charge on any atom is 0.263 e. The maximum atomic E-state index is 11.9. The molecule has 0 aliphatic carbocycles. The summed E-state index contributed by atoms with van der Waals surface area (Å²) < 4.78 is 0. The molecule has 0 fully saturated rings. The van der Waals surface area contributed by atoms with Crippen LogP contribution in [0.15, 0.2) is 5.38 Å². The molecule has 0 saturated carbocycles. The van der Waals surface area contributed by atoms with Crippen LogP contribution in [0.3, 0.4) is 0 Å². The molecule has 1 amide bonds. The van der Waals surface area contributed by atoms with E-state index in [1.807, 2.05) is 12.3 Å². The van der Waals surface area contributed by atoms with E-state index in [1.165, 1.54) is 11.3 Å². The van der Waals surface area contributed by atoms with Gasteiger partial charge in [0.25, 0.3) is 5.91 Å². The largest absolute Gasteiger partial charge is 0.394 e. The second-order valence-electron chi connectivity index (χ2n) is 4.54. The van der Waals surface area contributed by atoms with Crippen molar-refractivity contribution < 1.29 is 9.90 Å². The molecule has 1 heterocycles. The molecule has 0 saturated heterocycles. The van der Waals surface area contributed by atoms with Crippen LogP contribution in [0, 0.1) is 12.8 Å². The smallest absolute Gasteiger partial charge is 0.263 e. The van der Waals surface area contributed by atoms with E-state index >= 15 is 0 Å². The van der Waals surface area contributed by atoms with Gasteiger partial charge in [0.1, 0.15) is 4.88 Å². The van der Waals surface area contributed by atoms with Crippen molar-refractivity contribution in [2.24, 2.45) is 5.92 Å². The fourth-order valence-electron chi connectivity index (χ4n) is 1.58. The highest BCUT2D eigenvalue weighted by atomic mass is 35.5. The van der Waals surface area contributed by atoms with E-state index in [-0.39, 0.29) is 18.6 Å². The fraction of sp³-hybridized carbons (Fsp3) is 0.583. The molecule has 5 heteroatoms. The summed E-state index contributed by atoms with van der Waals surface area (Å²) in [6.07, 6.45) is 0.754. The number of carbonyl (C=O) groups is 1. The number of aliphatic hydroxyl groups is 1. The van der Waals surface area contributed by atoms with Gasteiger partial charge in [0.15, 0.2) is 0 Å². The highest BCUT2D eigenvalue weighted by Gasteiger charge is 2.18. The molecule has 1 aromatic rings. The third-order valence-corrected chi connectivity index (χ3v) is 4.11. The highest BCUT2D eigenvalue weighted by molar-refractivity contribution is 7.13. The molecule has 17 heavy (non-hydrogen) atoms. The van der Waals surface area contributed by atoms with Gasteiger partial charge in [-0.2, -0.15) is 0 Å². The molecule has 1 unspecified atom stereocenters. The summed E-state index contributed by atoms with van der Waals surface area (Å²) in [5.74, 6) is 0.223. The van der Waals surface area contributed by atoms with Gasteiger partial charge in [0.2, 0.25) is 0 Å². The predicted molar refractivity (Wildman–Crippen MR) is 71.9 cm³/mol. The minimum atomic E-state index is -0.207. The van der Waals surface area contributed by atoms with E-state index in [1.54, 1.807) is 0 Å². The first-order valence-corrected chi connectivity index (χ1v) is 6.86. The van der Waals surface area contributed by atoms with Crippen molar-refractivity contribution in [3.8, 4) is 0 Å². The monoisotopic (exact) mass is 275 g/mol. The van der Waals surface area contributed by atoms with Crippen LogP contribution in [0.5, 0.6) is 0 Å². The zero-order valence-corrected chi connectivity index (χ0v) is 11.9. The Balaban J connectivity index is 2.68. The summed E-state index contributed by atoms with van der Waals surface area (Å²) in [6, 6.07) is -0.207. The van der Waals surface area contributed by atoms with E-state index in [2.05, 4.69) is 19.2 Å². The number of hydrogen-bond donors (Lipinski definition) is 2. The average Bonchev–Trinajstić information content (AvgIpc) is 2.58. The van der Waals surface area contributed by atoms with Crippen molar-refractivity contribution in [3.63, 3.8) is 0 Å². The maximum absolute atomic E-state index is 11.9. The Morgan fingerprint density at radius 1 is 1.59 bits per heavy atom. The van der Waals surface area contributed by atoms with Gasteiger partial charge in [-0.3, -0.25) is 4.79 Å². The standard InChI is InChI=1S/C12H18ClNO2S/c1-7(2)4-9(5-15)14-12(16)11-10(13)8(3)6-17-11/h6-7,9,15H,4-5H2,1-3H3,(H,14,16). The van der Waals surface area contributed by atoms with Crippen LogP contribution in [-0.2, 0) is 0 Å². The van der Waals surface area contributed by atoms with Gasteiger partial charge < -0.3 is 10.4 Å². The average molecular weight is 276 g/mol. The number of rotatable bonds is 5. The van der Waals surface area contributed by atoms with E-state index < -0.39 is 0 Å². The predicted octanol–water partition coefficient (Wildman–Crippen LogP) is 2.85. The SMILES string of the molecule is Cc1csc(C(=O)NC(CO)CC(C)C)c1Cl. The van der Waals surface area contributed by atoms with E-state index in [0.717, 1.165) is 12.0 Å². The number of aliphatic hydroxyl groups excluding tert-OH is 1. The van der Waals surface area contributed by atoms with E-state index in [0.29, 0.717) is 15.8 Å². The van der Waals surface area contributed by atoms with Crippen molar-refractivity contribution in [3.05, 3.63) is 20.8 Å². The highest BCUT2D eigenvalue weighted by Crippen LogP contribution is 2.27. The zero-order valence-electron chi connectivity index (χ0n) is 10.3. The fourth-order valence-corrected chi connectivity index (χ4v) is 2.76. The first-order chi connectivity index (χ1) is 7.95. The van der Waals surface area contributed by atoms with Gasteiger partial charge in [0, 0.05) is 0 Å². The van der Waals surface area contributed by atoms with Crippen molar-refractivity contribution >= 4 is 28.8 Å². The van der Waals surface area contributed by atoms with Gasteiger partial charge in [-0.1, -0.05) is 25.4 Å². The molecule has 0 aromatic carbocycles. The molecule has 0 bridgehead atoms. The molecule has 2 N–H and O–H groups in total. The third kappa shape index (κ3) is 3.98. The topological polar surface area (TPSA) is 49.3 Å². The Hall–Kier alpha value is -0.580. The van der Waals surface area contributed by atoms with Crippen molar-refractivity contribution in [1.29, 1.82) is 0 Å². The van der Waals surface area contributed by atoms with E-state index in [9.17, 15) is 9.90 Å². The van der Waals surface area contributed by atoms with Crippen LogP contribution in [0.4, 0.5) is 0 Å². The van der Waals surface area contributed by atoms with Crippen LogP contribution in [0.1, 0.15) is 35.5 Å². The van der Waals surface area contributed by atoms with Crippen molar-refractivity contribution in [1.82, 2.24) is 5.32 Å². The van der Waals surface area contributed by atoms with Gasteiger partial charge in [-0.25, -0.2) is 0 Å². The van der Waals surface area contributed by atoms with Gasteiger partial charge in [0.05, 0.1) is 17.7 Å². The number of thiophene rings is 1. The lowest BCUT2D eigenvalue weighted by atomic mass is 10.0. The Bertz CT molecular complexity index is 390. The zero-order chi connectivity index (χ0) is 13.0. The molecular weight excluding hydrogens is 258 g/mol. The Morgan fingerprint density at radius 3 is 2.65 bits per heavy atom. The lowest BCUT2D eigenvalue weighted by Crippen LogP contribution is -2.38. The van der Waals surface area contributed by atoms with Crippen LogP contribution in [-0.4, -0.2) is 23.7 Å². The van der Waals surface area contributed by atoms with Crippen LogP contribution in [0.2, 0.25) is 5.02 Å². The Morgan fingerprint density at radius 2 is 2.24 bits per heavy atom. The number of halogens is 1. The summed E-state index contributed by atoms with van der Waals surface area (Å²) in [5, 5.41) is 14.4. The number of amides is 1. The normalized spacial score (nSPS) is 12.8. The molecule has 1 rings (SSSR count). The van der Waals surface area contributed by atoms with Crippen molar-refractivity contribution in [2.45, 2.75) is 33.2 Å². The second kappa shape index (κ2) is 6.38. The summed E-state index contributed by atoms with van der Waals surface area (Å²) in [4.78, 5) is 12.5. The van der Waals surface area contributed by atoms with Crippen LogP contribution >= 0.6 is 22.9 Å². The van der Waals surface area contributed by atoms with Gasteiger partial charge >= 0.3 is 0 Å². The molecule has 0 spiro atoms. The Labute approximate surface area is 111 Å². The number of hydrogen-bond acceptors (Lipinski definition) is 3. The summed E-state index contributed by atoms with van der Waals surface area (Å²) >= 11 is 7.35. The minimum absolute atomic E-state index is 0.0497. The minimum Gasteiger partial charge on any atom is -0.394 e. The first kappa shape index (κ1) is 14.5. The summed E-state index contributed by atoms with van der Waals surface area (Å²) in [7, 11) is 0. The first-order valence-electron chi connectivity index (χ1n) is 5.61. The summed E-state index contributed by atoms with van der Waals surface area (Å²) in [5.41, 5.74) is 0.909. The lowest BCUT2D eigenvalue weighted by Gasteiger charge is -2.17. The van der Waals surface area contributed by atoms with Crippen molar-refractivity contribution in [2.75, 3.05) is 6.61 Å². The number of carbonyl (C=O) groups excluding carboxylic acids is 1. The molecule has 3 nitrogen and oxygen atoms in total. The molecule has 1 aromatic heterocycles. The number of aryl methyl sites for hydroxylation is 1. The molecule has 0 aliphatic rings. The van der Waals surface area contributed by atoms with Gasteiger partial charge in [-0.15, -0.1) is 11.3 Å². The van der Waals surface area contributed by atoms with E-state index in [4.69, 9.17) is 11.6 Å². The third-order valence-electron chi connectivity index (χ3n) is 2.42. The Kier molecular flexibility index (Phi) is 5.43. The van der Waals surface area contributed by atoms with Crippen LogP contribution < -0.4 is 5.32 Å². The second-order valence-corrected chi connectivity index (χ2v) is 5.80. The molecule has 96 valence electrons. The molecule has 0 radical (unpaired) electrons. The quantitative estimate of drug-likeness (QED) is 0.868. The molecular formula is C12H18ClNO2S. The molecule has 0 aliphatic heterocycles. The number of nitrogens with one attached hydrogen (secondary N) is 1. The van der Waals surface area contributed by atoms with Gasteiger partial charge in [-0.05, 0) is 30.2 Å². The summed E-state index contributed by atoms with van der Waals surface area (Å²) in [6.45, 7) is 5.92. The molecule has 1 atom stereocenters. The lowest BCUT2D eigenvalue weighted by molar-refractivity contribution is 0.0912.